The zero-order valence-corrected chi connectivity index (χ0v) is 15.4. The van der Waals surface area contributed by atoms with Crippen molar-refractivity contribution in [2.24, 2.45) is 5.92 Å². The Bertz CT molecular complexity index is 601. The average molecular weight is 351 g/mol. The van der Waals surface area contributed by atoms with E-state index in [1.54, 1.807) is 24.8 Å². The van der Waals surface area contributed by atoms with Gasteiger partial charge in [-0.2, -0.15) is 0 Å². The molecule has 1 aromatic carbocycles. The molecule has 0 fully saturated rings. The first-order valence-corrected chi connectivity index (χ1v) is 9.35. The van der Waals surface area contributed by atoms with Gasteiger partial charge in [0.25, 0.3) is 0 Å². The van der Waals surface area contributed by atoms with Crippen molar-refractivity contribution in [2.75, 3.05) is 20.3 Å². The van der Waals surface area contributed by atoms with E-state index in [2.05, 4.69) is 18.8 Å². The van der Waals surface area contributed by atoms with Crippen LogP contribution in [-0.4, -0.2) is 25.3 Å². The van der Waals surface area contributed by atoms with Crippen LogP contribution in [0.15, 0.2) is 29.1 Å². The molecule has 0 bridgehead atoms. The van der Waals surface area contributed by atoms with Crippen LogP contribution >= 0.6 is 11.3 Å². The first-order chi connectivity index (χ1) is 11.6. The van der Waals surface area contributed by atoms with Gasteiger partial charge in [0.2, 0.25) is 0 Å². The SMILES string of the molecule is COC(CCOCCCC(C)C)c1cccc(-c2cscn2)c1F. The Kier molecular flexibility index (Phi) is 7.82. The van der Waals surface area contributed by atoms with E-state index in [0.29, 0.717) is 35.8 Å². The van der Waals surface area contributed by atoms with Crippen LogP contribution in [0.25, 0.3) is 11.3 Å². The van der Waals surface area contributed by atoms with Gasteiger partial charge >= 0.3 is 0 Å². The molecule has 0 saturated heterocycles. The summed E-state index contributed by atoms with van der Waals surface area (Å²) in [5, 5.41) is 1.85. The third-order valence-corrected chi connectivity index (χ3v) is 4.55. The highest BCUT2D eigenvalue weighted by Crippen LogP contribution is 2.30. The van der Waals surface area contributed by atoms with Gasteiger partial charge < -0.3 is 9.47 Å². The van der Waals surface area contributed by atoms with Crippen LogP contribution in [0, 0.1) is 11.7 Å². The highest BCUT2D eigenvalue weighted by Gasteiger charge is 2.19. The molecule has 24 heavy (non-hydrogen) atoms. The van der Waals surface area contributed by atoms with Crippen LogP contribution in [-0.2, 0) is 9.47 Å². The topological polar surface area (TPSA) is 31.4 Å². The lowest BCUT2D eigenvalue weighted by Gasteiger charge is -2.18. The molecule has 132 valence electrons. The molecule has 3 nitrogen and oxygen atoms in total. The fraction of sp³-hybridized carbons (Fsp3) is 0.526. The first kappa shape index (κ1) is 19.0. The quantitative estimate of drug-likeness (QED) is 0.531. The molecule has 0 spiro atoms. The van der Waals surface area contributed by atoms with E-state index in [9.17, 15) is 4.39 Å². The summed E-state index contributed by atoms with van der Waals surface area (Å²) in [6, 6.07) is 5.38. The second-order valence-corrected chi connectivity index (χ2v) is 6.96. The summed E-state index contributed by atoms with van der Waals surface area (Å²) in [5.74, 6) is 0.443. The largest absolute Gasteiger partial charge is 0.381 e. The lowest BCUT2D eigenvalue weighted by molar-refractivity contribution is 0.0480. The third kappa shape index (κ3) is 5.36. The summed E-state index contributed by atoms with van der Waals surface area (Å²) < 4.78 is 26.0. The number of hydrogen-bond donors (Lipinski definition) is 0. The molecule has 2 aromatic rings. The summed E-state index contributed by atoms with van der Waals surface area (Å²) in [4.78, 5) is 4.20. The van der Waals surface area contributed by atoms with Crippen molar-refractivity contribution < 1.29 is 13.9 Å². The molecule has 1 atom stereocenters. The van der Waals surface area contributed by atoms with E-state index in [1.807, 2.05) is 11.4 Å². The van der Waals surface area contributed by atoms with Crippen LogP contribution in [0.1, 0.15) is 44.8 Å². The average Bonchev–Trinajstić information content (AvgIpc) is 3.09. The van der Waals surface area contributed by atoms with E-state index in [4.69, 9.17) is 9.47 Å². The maximum atomic E-state index is 14.8. The van der Waals surface area contributed by atoms with Gasteiger partial charge in [-0.1, -0.05) is 26.0 Å². The zero-order chi connectivity index (χ0) is 17.4. The predicted octanol–water partition coefficient (Wildman–Crippen LogP) is 5.48. The summed E-state index contributed by atoms with van der Waals surface area (Å²) in [5.41, 5.74) is 3.46. The van der Waals surface area contributed by atoms with Crippen LogP contribution in [0.3, 0.4) is 0 Å². The minimum Gasteiger partial charge on any atom is -0.381 e. The maximum Gasteiger partial charge on any atom is 0.138 e. The zero-order valence-electron chi connectivity index (χ0n) is 14.6. The molecule has 0 saturated carbocycles. The smallest absolute Gasteiger partial charge is 0.138 e. The molecule has 0 aliphatic rings. The van der Waals surface area contributed by atoms with Gasteiger partial charge in [0.1, 0.15) is 5.82 Å². The van der Waals surface area contributed by atoms with Crippen molar-refractivity contribution in [1.29, 1.82) is 0 Å². The van der Waals surface area contributed by atoms with Gasteiger partial charge in [-0.3, -0.25) is 0 Å². The Labute approximate surface area is 147 Å². The molecule has 5 heteroatoms. The van der Waals surface area contributed by atoms with Crippen molar-refractivity contribution in [3.8, 4) is 11.3 Å². The molecule has 0 amide bonds. The molecular formula is C19H26FNO2S. The number of ether oxygens (including phenoxy) is 2. The van der Waals surface area contributed by atoms with E-state index in [-0.39, 0.29) is 11.9 Å². The van der Waals surface area contributed by atoms with Gasteiger partial charge in [0, 0.05) is 43.3 Å². The van der Waals surface area contributed by atoms with Gasteiger partial charge in [-0.25, -0.2) is 9.37 Å². The molecule has 0 aliphatic carbocycles. The summed E-state index contributed by atoms with van der Waals surface area (Å²) in [7, 11) is 1.61. The number of aromatic nitrogens is 1. The Morgan fingerprint density at radius 2 is 2.04 bits per heavy atom. The number of benzene rings is 1. The first-order valence-electron chi connectivity index (χ1n) is 8.41. The normalized spacial score (nSPS) is 12.7. The Hall–Kier alpha value is -1.30. The van der Waals surface area contributed by atoms with Crippen molar-refractivity contribution >= 4 is 11.3 Å². The van der Waals surface area contributed by atoms with E-state index in [0.717, 1.165) is 19.4 Å². The predicted molar refractivity (Wildman–Crippen MR) is 96.8 cm³/mol. The van der Waals surface area contributed by atoms with Gasteiger partial charge in [-0.05, 0) is 24.8 Å². The van der Waals surface area contributed by atoms with Crippen molar-refractivity contribution in [2.45, 2.75) is 39.2 Å². The molecule has 2 rings (SSSR count). The molecule has 0 radical (unpaired) electrons. The number of thiazole rings is 1. The van der Waals surface area contributed by atoms with E-state index >= 15 is 0 Å². The minimum absolute atomic E-state index is 0.255. The molecule has 0 aliphatic heterocycles. The number of nitrogens with zero attached hydrogens (tertiary/aromatic N) is 1. The van der Waals surface area contributed by atoms with Crippen LogP contribution < -0.4 is 0 Å². The van der Waals surface area contributed by atoms with Gasteiger partial charge in [0.15, 0.2) is 0 Å². The lowest BCUT2D eigenvalue weighted by atomic mass is 10.0. The van der Waals surface area contributed by atoms with Crippen LogP contribution in [0.2, 0.25) is 0 Å². The summed E-state index contributed by atoms with van der Waals surface area (Å²) in [6.45, 7) is 5.73. The Morgan fingerprint density at radius 1 is 1.21 bits per heavy atom. The molecule has 1 heterocycles. The fourth-order valence-electron chi connectivity index (χ4n) is 2.63. The number of methoxy groups -OCH3 is 1. The van der Waals surface area contributed by atoms with Crippen LogP contribution in [0.4, 0.5) is 4.39 Å². The standard InChI is InChI=1S/C19H26FNO2S/c1-14(2)6-5-10-23-11-9-18(22-3)16-8-4-7-15(19(16)20)17-12-24-13-21-17/h4,7-8,12-14,18H,5-6,9-11H2,1-3H3. The highest BCUT2D eigenvalue weighted by atomic mass is 32.1. The number of halogens is 1. The van der Waals surface area contributed by atoms with Crippen molar-refractivity contribution in [3.63, 3.8) is 0 Å². The lowest BCUT2D eigenvalue weighted by Crippen LogP contribution is -2.09. The molecule has 0 N–H and O–H groups in total. The molecule has 1 unspecified atom stereocenters. The third-order valence-electron chi connectivity index (χ3n) is 3.96. The second-order valence-electron chi connectivity index (χ2n) is 6.24. The Balaban J connectivity index is 1.94. The van der Waals surface area contributed by atoms with Crippen molar-refractivity contribution in [3.05, 3.63) is 40.5 Å². The maximum absolute atomic E-state index is 14.8. The molecule has 1 aromatic heterocycles. The molecular weight excluding hydrogens is 325 g/mol. The van der Waals surface area contributed by atoms with Crippen LogP contribution in [0.5, 0.6) is 0 Å². The number of hydrogen-bond acceptors (Lipinski definition) is 4. The van der Waals surface area contributed by atoms with E-state index in [1.165, 1.54) is 11.3 Å². The fourth-order valence-corrected chi connectivity index (χ4v) is 3.18. The van der Waals surface area contributed by atoms with E-state index < -0.39 is 0 Å². The monoisotopic (exact) mass is 351 g/mol. The van der Waals surface area contributed by atoms with Crippen molar-refractivity contribution in [1.82, 2.24) is 4.98 Å². The van der Waals surface area contributed by atoms with Gasteiger partial charge in [0.05, 0.1) is 17.3 Å². The highest BCUT2D eigenvalue weighted by molar-refractivity contribution is 7.07. The Morgan fingerprint density at radius 3 is 2.71 bits per heavy atom. The van der Waals surface area contributed by atoms with Gasteiger partial charge in [-0.15, -0.1) is 11.3 Å². The second kappa shape index (κ2) is 9.87. The number of rotatable bonds is 10. The summed E-state index contributed by atoms with van der Waals surface area (Å²) >= 11 is 1.46. The minimum atomic E-state index is -0.311. The summed E-state index contributed by atoms with van der Waals surface area (Å²) in [6.07, 6.45) is 2.55.